The highest BCUT2D eigenvalue weighted by Crippen LogP contribution is 2.34. The van der Waals surface area contributed by atoms with Gasteiger partial charge < -0.3 is 15.6 Å². The quantitative estimate of drug-likeness (QED) is 0.664. The topological polar surface area (TPSA) is 67.8 Å². The molecule has 0 saturated carbocycles. The van der Waals surface area contributed by atoms with Crippen molar-refractivity contribution in [1.29, 1.82) is 0 Å². The highest BCUT2D eigenvalue weighted by atomic mass is 32.2. The van der Waals surface area contributed by atoms with E-state index in [4.69, 9.17) is 10.5 Å². The van der Waals surface area contributed by atoms with Gasteiger partial charge in [-0.25, -0.2) is 4.99 Å². The van der Waals surface area contributed by atoms with Crippen LogP contribution in [-0.2, 0) is 0 Å². The maximum atomic E-state index is 9.52. The Bertz CT molecular complexity index is 585. The van der Waals surface area contributed by atoms with E-state index in [1.54, 1.807) is 12.1 Å². The van der Waals surface area contributed by atoms with Crippen LogP contribution in [0.3, 0.4) is 0 Å². The van der Waals surface area contributed by atoms with Crippen molar-refractivity contribution in [3.63, 3.8) is 0 Å². The Kier molecular flexibility index (Phi) is 4.30. The van der Waals surface area contributed by atoms with Gasteiger partial charge in [-0.3, -0.25) is 0 Å². The van der Waals surface area contributed by atoms with Crippen molar-refractivity contribution in [2.24, 2.45) is 10.7 Å². The summed E-state index contributed by atoms with van der Waals surface area (Å²) in [5.41, 5.74) is 6.19. The first-order valence-electron chi connectivity index (χ1n) is 5.63. The minimum atomic E-state index is 0.119. The molecule has 0 unspecified atom stereocenters. The zero-order valence-corrected chi connectivity index (χ0v) is 11.2. The fourth-order valence-electron chi connectivity index (χ4n) is 1.46. The highest BCUT2D eigenvalue weighted by Gasteiger charge is 2.06. The van der Waals surface area contributed by atoms with Crippen molar-refractivity contribution in [3.8, 4) is 17.2 Å². The summed E-state index contributed by atoms with van der Waals surface area (Å²) in [7, 11) is 0. The van der Waals surface area contributed by atoms with E-state index in [0.717, 1.165) is 0 Å². The maximum absolute atomic E-state index is 9.52. The molecule has 0 saturated heterocycles. The number of thioether (sulfide) groups is 1. The Morgan fingerprint density at radius 3 is 2.63 bits per heavy atom. The molecule has 5 heteroatoms. The van der Waals surface area contributed by atoms with Crippen LogP contribution in [-0.4, -0.2) is 16.5 Å². The van der Waals surface area contributed by atoms with Gasteiger partial charge in [0.1, 0.15) is 17.2 Å². The summed E-state index contributed by atoms with van der Waals surface area (Å²) in [4.78, 5) is 4.21. The van der Waals surface area contributed by atoms with Gasteiger partial charge in [0.2, 0.25) is 0 Å². The van der Waals surface area contributed by atoms with Gasteiger partial charge in [0.15, 0.2) is 10.9 Å². The van der Waals surface area contributed by atoms with Crippen LogP contribution in [0.15, 0.2) is 53.5 Å². The molecule has 3 N–H and O–H groups in total. The van der Waals surface area contributed by atoms with Crippen molar-refractivity contribution in [1.82, 2.24) is 0 Å². The molecule has 2 aromatic carbocycles. The van der Waals surface area contributed by atoms with Crippen molar-refractivity contribution in [2.45, 2.75) is 0 Å². The summed E-state index contributed by atoms with van der Waals surface area (Å²) in [6.07, 6.45) is 1.83. The van der Waals surface area contributed by atoms with Gasteiger partial charge in [0.25, 0.3) is 0 Å². The lowest BCUT2D eigenvalue weighted by Gasteiger charge is -2.09. The van der Waals surface area contributed by atoms with Gasteiger partial charge in [0.05, 0.1) is 0 Å². The van der Waals surface area contributed by atoms with E-state index in [9.17, 15) is 5.11 Å². The van der Waals surface area contributed by atoms with Crippen LogP contribution in [0.4, 0.5) is 5.69 Å². The average Bonchev–Trinajstić information content (AvgIpc) is 2.43. The zero-order valence-electron chi connectivity index (χ0n) is 10.4. The number of rotatable bonds is 3. The van der Waals surface area contributed by atoms with E-state index >= 15 is 0 Å². The molecule has 4 nitrogen and oxygen atoms in total. The normalized spacial score (nSPS) is 11.3. The van der Waals surface area contributed by atoms with Crippen LogP contribution >= 0.6 is 11.8 Å². The smallest absolute Gasteiger partial charge is 0.159 e. The Morgan fingerprint density at radius 2 is 1.95 bits per heavy atom. The minimum Gasteiger partial charge on any atom is -0.508 e. The average molecular weight is 274 g/mol. The molecule has 2 rings (SSSR count). The van der Waals surface area contributed by atoms with E-state index in [1.807, 2.05) is 36.6 Å². The maximum Gasteiger partial charge on any atom is 0.159 e. The third kappa shape index (κ3) is 3.66. The molecule has 0 bridgehead atoms. The van der Waals surface area contributed by atoms with E-state index in [-0.39, 0.29) is 5.75 Å². The van der Waals surface area contributed by atoms with Gasteiger partial charge in [0, 0.05) is 6.07 Å². The number of amidine groups is 1. The number of aromatic hydroxyl groups is 1. The summed E-state index contributed by atoms with van der Waals surface area (Å²) < 4.78 is 5.73. The molecule has 0 fully saturated rings. The van der Waals surface area contributed by atoms with Gasteiger partial charge in [-0.05, 0) is 30.5 Å². The van der Waals surface area contributed by atoms with Crippen LogP contribution in [0, 0.1) is 0 Å². The van der Waals surface area contributed by atoms with Gasteiger partial charge in [-0.1, -0.05) is 30.0 Å². The summed E-state index contributed by atoms with van der Waals surface area (Å²) in [5.74, 6) is 1.36. The molecule has 0 amide bonds. The second kappa shape index (κ2) is 6.15. The molecule has 2 aromatic rings. The Balaban J connectivity index is 2.35. The molecule has 0 aliphatic carbocycles. The van der Waals surface area contributed by atoms with Crippen LogP contribution in [0.5, 0.6) is 17.2 Å². The summed E-state index contributed by atoms with van der Waals surface area (Å²) >= 11 is 1.33. The second-order valence-electron chi connectivity index (χ2n) is 3.72. The largest absolute Gasteiger partial charge is 0.508 e. The first-order valence-corrected chi connectivity index (χ1v) is 6.85. The lowest BCUT2D eigenvalue weighted by molar-refractivity contribution is 0.465. The lowest BCUT2D eigenvalue weighted by Crippen LogP contribution is -2.04. The fourth-order valence-corrected chi connectivity index (χ4v) is 1.65. The third-order valence-electron chi connectivity index (χ3n) is 2.35. The number of phenolic OH excluding ortho intramolecular Hbond substituents is 1. The SMILES string of the molecule is CSC(N)=Nc1cc(O)ccc1Oc1ccccc1. The monoisotopic (exact) mass is 274 g/mol. The molecule has 98 valence electrons. The molecule has 0 aliphatic heterocycles. The Labute approximate surface area is 115 Å². The second-order valence-corrected chi connectivity index (χ2v) is 4.55. The molecule has 0 spiro atoms. The number of hydrogen-bond acceptors (Lipinski definition) is 4. The first kappa shape index (κ1) is 13.3. The molecule has 0 aromatic heterocycles. The third-order valence-corrected chi connectivity index (χ3v) is 2.86. The van der Waals surface area contributed by atoms with E-state index < -0.39 is 0 Å². The Morgan fingerprint density at radius 1 is 1.21 bits per heavy atom. The molecule has 0 atom stereocenters. The van der Waals surface area contributed by atoms with Crippen molar-refractivity contribution >= 4 is 22.6 Å². The van der Waals surface area contributed by atoms with Gasteiger partial charge in [-0.2, -0.15) is 0 Å². The molecular formula is C14H14N2O2S. The first-order chi connectivity index (χ1) is 9.19. The molecule has 0 heterocycles. The predicted molar refractivity (Wildman–Crippen MR) is 79.4 cm³/mol. The van der Waals surface area contributed by atoms with Crippen LogP contribution in [0.25, 0.3) is 0 Å². The standard InChI is InChI=1S/C14H14N2O2S/c1-19-14(15)16-12-9-10(17)7-8-13(12)18-11-5-3-2-4-6-11/h2-9,17H,1H3,(H2,15,16). The minimum absolute atomic E-state index is 0.119. The van der Waals surface area contributed by atoms with Crippen LogP contribution < -0.4 is 10.5 Å². The van der Waals surface area contributed by atoms with Crippen LogP contribution in [0.1, 0.15) is 0 Å². The number of nitrogens with zero attached hydrogens (tertiary/aromatic N) is 1. The fraction of sp³-hybridized carbons (Fsp3) is 0.0714. The van der Waals surface area contributed by atoms with E-state index in [1.165, 1.54) is 17.8 Å². The van der Waals surface area contributed by atoms with Gasteiger partial charge in [-0.15, -0.1) is 0 Å². The molecule has 0 aliphatic rings. The summed E-state index contributed by atoms with van der Waals surface area (Å²) in [6.45, 7) is 0. The summed E-state index contributed by atoms with van der Waals surface area (Å²) in [5, 5.41) is 9.92. The van der Waals surface area contributed by atoms with E-state index in [0.29, 0.717) is 22.4 Å². The zero-order chi connectivity index (χ0) is 13.7. The number of nitrogens with two attached hydrogens (primary N) is 1. The molecular weight excluding hydrogens is 260 g/mol. The van der Waals surface area contributed by atoms with Crippen LogP contribution in [0.2, 0.25) is 0 Å². The number of benzene rings is 2. The highest BCUT2D eigenvalue weighted by molar-refractivity contribution is 8.13. The lowest BCUT2D eigenvalue weighted by atomic mass is 10.2. The number of para-hydroxylation sites is 1. The molecule has 0 radical (unpaired) electrons. The van der Waals surface area contributed by atoms with Crippen molar-refractivity contribution in [2.75, 3.05) is 6.26 Å². The van der Waals surface area contributed by atoms with Crippen molar-refractivity contribution in [3.05, 3.63) is 48.5 Å². The molecule has 19 heavy (non-hydrogen) atoms. The number of ether oxygens (including phenoxy) is 1. The van der Waals surface area contributed by atoms with Crippen molar-refractivity contribution < 1.29 is 9.84 Å². The predicted octanol–water partition coefficient (Wildman–Crippen LogP) is 3.49. The number of phenols is 1. The van der Waals surface area contributed by atoms with E-state index in [2.05, 4.69) is 4.99 Å². The summed E-state index contributed by atoms with van der Waals surface area (Å²) in [6, 6.07) is 14.1. The number of hydrogen-bond donors (Lipinski definition) is 2. The number of aliphatic imine (C=N–C) groups is 1. The Hall–Kier alpha value is -2.14. The van der Waals surface area contributed by atoms with Gasteiger partial charge >= 0.3 is 0 Å².